The van der Waals surface area contributed by atoms with Gasteiger partial charge in [-0.25, -0.2) is 9.37 Å². The zero-order valence-electron chi connectivity index (χ0n) is 16.4. The highest BCUT2D eigenvalue weighted by atomic mass is 35.5. The number of benzene rings is 1. The maximum Gasteiger partial charge on any atom is 0.416 e. The molecule has 32 heavy (non-hydrogen) atoms. The predicted molar refractivity (Wildman–Crippen MR) is 109 cm³/mol. The summed E-state index contributed by atoms with van der Waals surface area (Å²) in [4.78, 5) is 30.8. The molecule has 0 fully saturated rings. The van der Waals surface area contributed by atoms with Gasteiger partial charge in [-0.05, 0) is 43.3 Å². The maximum atomic E-state index is 13.8. The summed E-state index contributed by atoms with van der Waals surface area (Å²) < 4.78 is 53.7. The Morgan fingerprint density at radius 3 is 2.50 bits per heavy atom. The number of aromatic nitrogens is 3. The third-order valence-corrected chi connectivity index (χ3v) is 4.85. The van der Waals surface area contributed by atoms with Crippen molar-refractivity contribution >= 4 is 35.7 Å². The van der Waals surface area contributed by atoms with Gasteiger partial charge in [-0.15, -0.1) is 12.4 Å². The van der Waals surface area contributed by atoms with Crippen LogP contribution in [0.15, 0.2) is 48.8 Å². The van der Waals surface area contributed by atoms with Crippen LogP contribution >= 0.6 is 12.4 Å². The smallest absolute Gasteiger partial charge is 0.305 e. The van der Waals surface area contributed by atoms with E-state index in [-0.39, 0.29) is 47.8 Å². The number of halogens is 5. The van der Waals surface area contributed by atoms with Gasteiger partial charge in [-0.3, -0.25) is 14.3 Å². The predicted octanol–water partition coefficient (Wildman–Crippen LogP) is 4.33. The first kappa shape index (κ1) is 23.2. The summed E-state index contributed by atoms with van der Waals surface area (Å²) in [7, 11) is 0. The van der Waals surface area contributed by atoms with Crippen LogP contribution in [0.25, 0.3) is 0 Å². The molecule has 12 heteroatoms. The SMILES string of the molecule is CC1CN(c2ccc(C(F)(F)F)cc2)C(=O)c2c(C(=O)Nc3ncccc3F)cnn21.Cl. The van der Waals surface area contributed by atoms with Crippen LogP contribution in [0.3, 0.4) is 0 Å². The molecule has 3 heterocycles. The lowest BCUT2D eigenvalue weighted by molar-refractivity contribution is -0.137. The molecular formula is C20H16ClF4N5O2. The number of hydrogen-bond acceptors (Lipinski definition) is 4. The van der Waals surface area contributed by atoms with E-state index in [0.717, 1.165) is 18.2 Å². The van der Waals surface area contributed by atoms with Gasteiger partial charge in [0.1, 0.15) is 5.69 Å². The molecule has 1 aromatic carbocycles. The number of carbonyl (C=O) groups is 2. The van der Waals surface area contributed by atoms with Gasteiger partial charge >= 0.3 is 6.18 Å². The first-order valence-electron chi connectivity index (χ1n) is 9.15. The fraction of sp³-hybridized carbons (Fsp3) is 0.200. The van der Waals surface area contributed by atoms with E-state index in [1.807, 2.05) is 0 Å². The molecule has 7 nitrogen and oxygen atoms in total. The molecular weight excluding hydrogens is 454 g/mol. The Labute approximate surface area is 185 Å². The van der Waals surface area contributed by atoms with E-state index < -0.39 is 29.4 Å². The topological polar surface area (TPSA) is 80.1 Å². The van der Waals surface area contributed by atoms with Crippen molar-refractivity contribution in [1.82, 2.24) is 14.8 Å². The van der Waals surface area contributed by atoms with Crippen LogP contribution in [0.1, 0.15) is 39.4 Å². The third-order valence-electron chi connectivity index (χ3n) is 4.85. The quantitative estimate of drug-likeness (QED) is 0.579. The van der Waals surface area contributed by atoms with Gasteiger partial charge in [0.15, 0.2) is 11.6 Å². The molecule has 0 spiro atoms. The summed E-state index contributed by atoms with van der Waals surface area (Å²) in [6, 6.07) is 6.29. The molecule has 0 saturated carbocycles. The lowest BCUT2D eigenvalue weighted by Crippen LogP contribution is -2.43. The highest BCUT2D eigenvalue weighted by Gasteiger charge is 2.36. The van der Waals surface area contributed by atoms with Crippen LogP contribution in [0.2, 0.25) is 0 Å². The molecule has 1 aliphatic heterocycles. The zero-order chi connectivity index (χ0) is 22.3. The molecule has 2 amide bonds. The molecule has 0 bridgehead atoms. The second-order valence-electron chi connectivity index (χ2n) is 6.95. The molecule has 1 aliphatic rings. The Bertz CT molecular complexity index is 1160. The first-order valence-corrected chi connectivity index (χ1v) is 9.15. The highest BCUT2D eigenvalue weighted by Crippen LogP contribution is 2.33. The maximum absolute atomic E-state index is 13.8. The lowest BCUT2D eigenvalue weighted by Gasteiger charge is -2.32. The minimum Gasteiger partial charge on any atom is -0.305 e. The van der Waals surface area contributed by atoms with Crippen molar-refractivity contribution in [2.45, 2.75) is 19.1 Å². The number of rotatable bonds is 3. The number of fused-ring (bicyclic) bond motifs is 1. The van der Waals surface area contributed by atoms with Crippen LogP contribution in [0.4, 0.5) is 29.1 Å². The van der Waals surface area contributed by atoms with Crippen LogP contribution in [0.5, 0.6) is 0 Å². The van der Waals surface area contributed by atoms with E-state index in [9.17, 15) is 27.2 Å². The summed E-state index contributed by atoms with van der Waals surface area (Å²) in [5, 5.41) is 6.40. The second kappa shape index (κ2) is 8.58. The van der Waals surface area contributed by atoms with Gasteiger partial charge in [0, 0.05) is 18.4 Å². The van der Waals surface area contributed by atoms with E-state index in [1.165, 1.54) is 40.2 Å². The molecule has 0 saturated heterocycles. The Balaban J connectivity index is 0.00000289. The molecule has 0 aliphatic carbocycles. The number of carbonyl (C=O) groups excluding carboxylic acids is 2. The Morgan fingerprint density at radius 2 is 1.88 bits per heavy atom. The average Bonchev–Trinajstić information content (AvgIpc) is 3.18. The van der Waals surface area contributed by atoms with Crippen molar-refractivity contribution < 1.29 is 27.2 Å². The van der Waals surface area contributed by atoms with Gasteiger partial charge in [0.2, 0.25) is 0 Å². The molecule has 2 aromatic heterocycles. The molecule has 3 aromatic rings. The van der Waals surface area contributed by atoms with Crippen molar-refractivity contribution in [1.29, 1.82) is 0 Å². The molecule has 1 unspecified atom stereocenters. The average molecular weight is 470 g/mol. The molecule has 1 N–H and O–H groups in total. The molecule has 0 radical (unpaired) electrons. The van der Waals surface area contributed by atoms with E-state index in [2.05, 4.69) is 15.4 Å². The van der Waals surface area contributed by atoms with Gasteiger partial charge in [-0.2, -0.15) is 18.3 Å². The van der Waals surface area contributed by atoms with E-state index in [4.69, 9.17) is 0 Å². The number of pyridine rings is 1. The highest BCUT2D eigenvalue weighted by molar-refractivity contribution is 6.15. The van der Waals surface area contributed by atoms with Crippen LogP contribution in [-0.2, 0) is 6.18 Å². The van der Waals surface area contributed by atoms with Gasteiger partial charge in [0.25, 0.3) is 11.8 Å². The minimum absolute atomic E-state index is 0. The second-order valence-corrected chi connectivity index (χ2v) is 6.95. The van der Waals surface area contributed by atoms with E-state index in [0.29, 0.717) is 0 Å². The number of anilines is 2. The summed E-state index contributed by atoms with van der Waals surface area (Å²) in [5.74, 6) is -2.44. The summed E-state index contributed by atoms with van der Waals surface area (Å²) in [5.41, 5.74) is -0.735. The van der Waals surface area contributed by atoms with Crippen molar-refractivity contribution in [3.05, 3.63) is 71.4 Å². The fourth-order valence-electron chi connectivity index (χ4n) is 3.33. The molecule has 4 rings (SSSR count). The number of nitrogens with zero attached hydrogens (tertiary/aromatic N) is 4. The zero-order valence-corrected chi connectivity index (χ0v) is 17.2. The lowest BCUT2D eigenvalue weighted by atomic mass is 10.1. The Morgan fingerprint density at radius 1 is 1.19 bits per heavy atom. The van der Waals surface area contributed by atoms with Crippen molar-refractivity contribution in [3.8, 4) is 0 Å². The van der Waals surface area contributed by atoms with E-state index in [1.54, 1.807) is 6.92 Å². The van der Waals surface area contributed by atoms with Gasteiger partial charge in [-0.1, -0.05) is 0 Å². The van der Waals surface area contributed by atoms with E-state index >= 15 is 0 Å². The van der Waals surface area contributed by atoms with Crippen molar-refractivity contribution in [3.63, 3.8) is 0 Å². The minimum atomic E-state index is -4.50. The van der Waals surface area contributed by atoms with Gasteiger partial charge < -0.3 is 10.2 Å². The van der Waals surface area contributed by atoms with Crippen LogP contribution in [0, 0.1) is 5.82 Å². The van der Waals surface area contributed by atoms with Crippen LogP contribution < -0.4 is 10.2 Å². The molecule has 1 atom stereocenters. The first-order chi connectivity index (χ1) is 14.7. The number of alkyl halides is 3. The molecule has 168 valence electrons. The Kier molecular flexibility index (Phi) is 6.22. The summed E-state index contributed by atoms with van der Waals surface area (Å²) in [6.45, 7) is 1.90. The summed E-state index contributed by atoms with van der Waals surface area (Å²) >= 11 is 0. The van der Waals surface area contributed by atoms with Crippen molar-refractivity contribution in [2.24, 2.45) is 0 Å². The summed E-state index contributed by atoms with van der Waals surface area (Å²) in [6.07, 6.45) is -2.01. The largest absolute Gasteiger partial charge is 0.416 e. The number of nitrogens with one attached hydrogen (secondary N) is 1. The third kappa shape index (κ3) is 4.15. The van der Waals surface area contributed by atoms with Crippen molar-refractivity contribution in [2.75, 3.05) is 16.8 Å². The van der Waals surface area contributed by atoms with Crippen LogP contribution in [-0.4, -0.2) is 33.1 Å². The monoisotopic (exact) mass is 469 g/mol. The number of hydrogen-bond donors (Lipinski definition) is 1. The standard InChI is InChI=1S/C20H15F4N5O2.ClH/c1-11-10-28(13-6-4-12(5-7-13)20(22,23)24)19(31)16-14(9-26-29(11)16)18(30)27-17-15(21)3-2-8-25-17;/h2-9,11H,10H2,1H3,(H,25,27,30);1H. The normalized spacial score (nSPS) is 15.7. The Hall–Kier alpha value is -3.47. The number of amides is 2. The fourth-order valence-corrected chi connectivity index (χ4v) is 3.33. The van der Waals surface area contributed by atoms with Gasteiger partial charge in [0.05, 0.1) is 23.4 Å².